The molecule has 13 heteroatoms. The highest BCUT2D eigenvalue weighted by Gasteiger charge is 2.48. The lowest BCUT2D eigenvalue weighted by Gasteiger charge is -2.44. The fourth-order valence-corrected chi connectivity index (χ4v) is 7.20. The molecule has 0 radical (unpaired) electrons. The summed E-state index contributed by atoms with van der Waals surface area (Å²) in [6.45, 7) is 4.51. The molecular weight excluding hydrogens is 680 g/mol. The number of nitrogens with two attached hydrogens (primary N) is 2. The summed E-state index contributed by atoms with van der Waals surface area (Å²) in [5, 5.41) is 49.8. The number of aromatic hydroxyl groups is 2. The highest BCUT2D eigenvalue weighted by atomic mass is 16.6. The van der Waals surface area contributed by atoms with Crippen LogP contribution in [0.5, 0.6) is 17.2 Å². The summed E-state index contributed by atoms with van der Waals surface area (Å²) in [5.74, 6) is -2.14. The molecule has 3 aliphatic heterocycles. The van der Waals surface area contributed by atoms with Crippen molar-refractivity contribution in [3.63, 3.8) is 0 Å². The standard InChI is InChI=1S/C40H46N4O9/c1-4-21(2)39(50)52-30-17-27-36(49)34-29(48)16-26(19-45)51-38(34)35(37(27)53-40(30,3)12-10-22-8-9-31(41)44-18-22)33(24-11-13-43-32(42)15-24)28(20-46)23-6-5-7-25(47)14-23/h4-9,11,14-16,18,28,30-31,33,43-47,49H,10,12-13,17,19-20,41-42H2,1-3H3/b21-4-/t28-,30-,31?,33+,40+/m1/s1. The van der Waals surface area contributed by atoms with Crippen LogP contribution >= 0.6 is 0 Å². The molecule has 0 bridgehead atoms. The lowest BCUT2D eigenvalue weighted by molar-refractivity contribution is -0.158. The highest BCUT2D eigenvalue weighted by molar-refractivity contribution is 5.92. The third kappa shape index (κ3) is 7.41. The van der Waals surface area contributed by atoms with E-state index in [1.165, 1.54) is 6.07 Å². The van der Waals surface area contributed by atoms with Crippen molar-refractivity contribution in [3.05, 3.63) is 122 Å². The molecule has 13 nitrogen and oxygen atoms in total. The number of carbonyl (C=O) groups is 1. The van der Waals surface area contributed by atoms with Gasteiger partial charge in [0.05, 0.1) is 18.6 Å². The number of ether oxygens (including phenoxy) is 2. The minimum absolute atomic E-state index is 0.0212. The van der Waals surface area contributed by atoms with E-state index in [9.17, 15) is 30.0 Å². The van der Waals surface area contributed by atoms with Crippen molar-refractivity contribution in [1.82, 2.24) is 10.6 Å². The quantitative estimate of drug-likeness (QED) is 0.105. The van der Waals surface area contributed by atoms with Gasteiger partial charge < -0.3 is 56.4 Å². The Morgan fingerprint density at radius 2 is 2.02 bits per heavy atom. The van der Waals surface area contributed by atoms with Crippen LogP contribution in [0, 0.1) is 0 Å². The Kier molecular flexibility index (Phi) is 10.7. The van der Waals surface area contributed by atoms with Gasteiger partial charge in [0, 0.05) is 53.8 Å². The number of dihydropyridines is 2. The minimum Gasteiger partial charge on any atom is -0.508 e. The predicted molar refractivity (Wildman–Crippen MR) is 199 cm³/mol. The van der Waals surface area contributed by atoms with Crippen LogP contribution in [0.25, 0.3) is 11.0 Å². The van der Waals surface area contributed by atoms with E-state index in [2.05, 4.69) is 10.6 Å². The molecule has 0 aliphatic carbocycles. The molecule has 1 aromatic heterocycles. The maximum Gasteiger partial charge on any atom is 0.333 e. The molecule has 3 aliphatic rings. The predicted octanol–water partition coefficient (Wildman–Crippen LogP) is 3.57. The van der Waals surface area contributed by atoms with Crippen LogP contribution in [0.15, 0.2) is 98.7 Å². The average molecular weight is 727 g/mol. The molecule has 0 spiro atoms. The van der Waals surface area contributed by atoms with Gasteiger partial charge in [-0.05, 0) is 74.6 Å². The number of hydrogen-bond donors (Lipinski definition) is 8. The summed E-state index contributed by atoms with van der Waals surface area (Å²) >= 11 is 0. The first-order valence-corrected chi connectivity index (χ1v) is 17.5. The Bertz CT molecular complexity index is 2130. The number of allylic oxidation sites excluding steroid dienone is 5. The second-order valence-electron chi connectivity index (χ2n) is 13.8. The third-order valence-corrected chi connectivity index (χ3v) is 10.3. The largest absolute Gasteiger partial charge is 0.508 e. The Morgan fingerprint density at radius 1 is 1.23 bits per heavy atom. The van der Waals surface area contributed by atoms with Crippen LogP contribution < -0.4 is 32.3 Å². The summed E-state index contributed by atoms with van der Waals surface area (Å²) in [6.07, 6.45) is 10.4. The molecule has 0 saturated carbocycles. The number of esters is 1. The molecule has 1 unspecified atom stereocenters. The van der Waals surface area contributed by atoms with Gasteiger partial charge in [-0.1, -0.05) is 30.4 Å². The maximum atomic E-state index is 13.8. The van der Waals surface area contributed by atoms with Crippen LogP contribution in [0.3, 0.4) is 0 Å². The summed E-state index contributed by atoms with van der Waals surface area (Å²) in [5.41, 5.74) is 13.4. The van der Waals surface area contributed by atoms with Gasteiger partial charge in [0.15, 0.2) is 5.43 Å². The Hall–Kier alpha value is -5.50. The van der Waals surface area contributed by atoms with Crippen molar-refractivity contribution in [2.75, 3.05) is 13.2 Å². The number of nitrogens with one attached hydrogen (secondary N) is 2. The van der Waals surface area contributed by atoms with Gasteiger partial charge >= 0.3 is 5.97 Å². The van der Waals surface area contributed by atoms with Gasteiger partial charge in [0.2, 0.25) is 0 Å². The van der Waals surface area contributed by atoms with Gasteiger partial charge in [0.25, 0.3) is 0 Å². The van der Waals surface area contributed by atoms with Gasteiger partial charge in [-0.25, -0.2) is 4.79 Å². The molecule has 10 N–H and O–H groups in total. The molecule has 3 aromatic rings. The SMILES string of the molecule is C/C=C(/C)C(=O)O[C@@H]1Cc2c(c([C@@H](C3=CCNC(N)=C3)[C@H](CO)c3cccc(O)c3)c3oc(CO)cc(=O)c3c2O)O[C@@]1(C)CCC1=CNC(N)C=C1. The first-order chi connectivity index (χ1) is 25.4. The van der Waals surface area contributed by atoms with Crippen molar-refractivity contribution in [2.24, 2.45) is 11.5 Å². The van der Waals surface area contributed by atoms with Crippen LogP contribution in [0.1, 0.15) is 67.9 Å². The summed E-state index contributed by atoms with van der Waals surface area (Å²) < 4.78 is 19.4. The summed E-state index contributed by atoms with van der Waals surface area (Å²) in [4.78, 5) is 27.1. The van der Waals surface area contributed by atoms with Gasteiger partial charge in [-0.2, -0.15) is 0 Å². The summed E-state index contributed by atoms with van der Waals surface area (Å²) in [7, 11) is 0. The molecule has 5 atom stereocenters. The fraction of sp³-hybridized carbons (Fsp3) is 0.350. The highest BCUT2D eigenvalue weighted by Crippen LogP contribution is 2.54. The van der Waals surface area contributed by atoms with E-state index < -0.39 is 53.9 Å². The van der Waals surface area contributed by atoms with E-state index in [-0.39, 0.29) is 46.4 Å². The smallest absolute Gasteiger partial charge is 0.333 e. The van der Waals surface area contributed by atoms with E-state index in [0.29, 0.717) is 47.5 Å². The molecule has 0 amide bonds. The monoisotopic (exact) mass is 726 g/mol. The lowest BCUT2D eigenvalue weighted by Crippen LogP contribution is -2.51. The van der Waals surface area contributed by atoms with Gasteiger partial charge in [-0.15, -0.1) is 0 Å². The van der Waals surface area contributed by atoms with E-state index >= 15 is 0 Å². The van der Waals surface area contributed by atoms with Crippen LogP contribution in [-0.2, 0) is 22.6 Å². The second kappa shape index (κ2) is 15.2. The fourth-order valence-electron chi connectivity index (χ4n) is 7.20. The van der Waals surface area contributed by atoms with Gasteiger partial charge in [0.1, 0.15) is 52.3 Å². The molecule has 6 rings (SSSR count). The number of phenols is 2. The van der Waals surface area contributed by atoms with E-state index in [0.717, 1.165) is 11.6 Å². The molecule has 4 heterocycles. The van der Waals surface area contributed by atoms with E-state index in [4.69, 9.17) is 25.4 Å². The zero-order valence-corrected chi connectivity index (χ0v) is 29.9. The number of benzene rings is 2. The topological polar surface area (TPSA) is 223 Å². The Labute approximate surface area is 306 Å². The van der Waals surface area contributed by atoms with Gasteiger partial charge in [-0.3, -0.25) is 4.79 Å². The van der Waals surface area contributed by atoms with Crippen LogP contribution in [0.2, 0.25) is 0 Å². The van der Waals surface area contributed by atoms with Crippen molar-refractivity contribution in [1.29, 1.82) is 0 Å². The molecule has 0 fully saturated rings. The minimum atomic E-state index is -1.21. The van der Waals surface area contributed by atoms with Crippen molar-refractivity contribution in [2.45, 2.75) is 76.3 Å². The number of aliphatic hydroxyl groups is 2. The molecule has 53 heavy (non-hydrogen) atoms. The number of hydrogen-bond acceptors (Lipinski definition) is 13. The normalized spacial score (nSPS) is 22.3. The molecule has 2 aromatic carbocycles. The number of phenolic OH excluding ortho intramolecular Hbond substituents is 2. The Balaban J connectivity index is 1.64. The zero-order valence-electron chi connectivity index (χ0n) is 29.9. The average Bonchev–Trinajstić information content (AvgIpc) is 3.14. The first-order valence-electron chi connectivity index (χ1n) is 17.5. The number of fused-ring (bicyclic) bond motifs is 2. The first kappa shape index (κ1) is 37.3. The number of rotatable bonds is 11. The Morgan fingerprint density at radius 3 is 2.68 bits per heavy atom. The van der Waals surface area contributed by atoms with Crippen molar-refractivity contribution in [3.8, 4) is 17.2 Å². The van der Waals surface area contributed by atoms with Crippen LogP contribution in [-0.4, -0.2) is 57.4 Å². The van der Waals surface area contributed by atoms with E-state index in [1.54, 1.807) is 44.2 Å². The van der Waals surface area contributed by atoms with Crippen molar-refractivity contribution >= 4 is 16.9 Å². The zero-order chi connectivity index (χ0) is 38.0. The van der Waals surface area contributed by atoms with E-state index in [1.807, 2.05) is 31.4 Å². The molecule has 280 valence electrons. The molecule has 0 saturated heterocycles. The number of carbonyl (C=O) groups excluding carboxylic acids is 1. The number of aliphatic hydroxyl groups excluding tert-OH is 2. The second-order valence-corrected chi connectivity index (χ2v) is 13.8. The molecular formula is C40H46N4O9. The van der Waals surface area contributed by atoms with Crippen LogP contribution in [0.4, 0.5) is 0 Å². The third-order valence-electron chi connectivity index (χ3n) is 10.3. The maximum absolute atomic E-state index is 13.8. The van der Waals surface area contributed by atoms with Crippen molar-refractivity contribution < 1.29 is 39.1 Å². The lowest BCUT2D eigenvalue weighted by atomic mass is 9.73. The summed E-state index contributed by atoms with van der Waals surface area (Å²) in [6, 6.07) is 7.60.